The molecule has 0 radical (unpaired) electrons. The van der Waals surface area contributed by atoms with Crippen LogP contribution in [0.2, 0.25) is 0 Å². The average molecular weight is 425 g/mol. The SMILES string of the molecule is CC(=O)c1ccc(S(=O)(=O)N(C)CC(=O)NC(C)c2ccc3ccccc3c2)cc1. The van der Waals surface area contributed by atoms with Crippen LogP contribution < -0.4 is 5.32 Å². The Morgan fingerprint density at radius 1 is 0.967 bits per heavy atom. The van der Waals surface area contributed by atoms with Gasteiger partial charge in [-0.2, -0.15) is 4.31 Å². The van der Waals surface area contributed by atoms with Crippen LogP contribution in [0.1, 0.15) is 35.8 Å². The number of benzene rings is 3. The van der Waals surface area contributed by atoms with E-state index in [0.29, 0.717) is 5.56 Å². The Morgan fingerprint density at radius 3 is 2.23 bits per heavy atom. The summed E-state index contributed by atoms with van der Waals surface area (Å²) in [6, 6.07) is 19.3. The van der Waals surface area contributed by atoms with Crippen LogP contribution in [0.3, 0.4) is 0 Å². The van der Waals surface area contributed by atoms with Gasteiger partial charge in [0.05, 0.1) is 17.5 Å². The number of Topliss-reactive ketones (excluding diaryl/α,β-unsaturated/α-hetero) is 1. The van der Waals surface area contributed by atoms with Gasteiger partial charge in [0.25, 0.3) is 0 Å². The van der Waals surface area contributed by atoms with Crippen LogP contribution in [-0.2, 0) is 14.8 Å². The van der Waals surface area contributed by atoms with Crippen LogP contribution in [0, 0.1) is 0 Å². The summed E-state index contributed by atoms with van der Waals surface area (Å²) in [6.07, 6.45) is 0. The highest BCUT2D eigenvalue weighted by Gasteiger charge is 2.23. The average Bonchev–Trinajstić information content (AvgIpc) is 2.73. The number of carbonyl (C=O) groups excluding carboxylic acids is 2. The minimum absolute atomic E-state index is 0.0328. The van der Waals surface area contributed by atoms with Crippen molar-refractivity contribution < 1.29 is 18.0 Å². The highest BCUT2D eigenvalue weighted by atomic mass is 32.2. The first kappa shape index (κ1) is 21.7. The lowest BCUT2D eigenvalue weighted by Gasteiger charge is -2.20. The smallest absolute Gasteiger partial charge is 0.243 e. The normalized spacial score (nSPS) is 12.7. The zero-order valence-electron chi connectivity index (χ0n) is 17.1. The van der Waals surface area contributed by atoms with Gasteiger partial charge in [-0.15, -0.1) is 0 Å². The van der Waals surface area contributed by atoms with Crippen molar-refractivity contribution in [1.82, 2.24) is 9.62 Å². The predicted molar refractivity (Wildman–Crippen MR) is 117 cm³/mol. The zero-order chi connectivity index (χ0) is 21.9. The molecule has 0 spiro atoms. The molecule has 156 valence electrons. The maximum absolute atomic E-state index is 12.7. The molecular formula is C23H24N2O4S. The molecule has 7 heteroatoms. The minimum atomic E-state index is -3.84. The van der Waals surface area contributed by atoms with E-state index in [-0.39, 0.29) is 23.3 Å². The monoisotopic (exact) mass is 424 g/mol. The summed E-state index contributed by atoms with van der Waals surface area (Å²) in [5.41, 5.74) is 1.37. The lowest BCUT2D eigenvalue weighted by Crippen LogP contribution is -2.39. The second-order valence-electron chi connectivity index (χ2n) is 7.24. The molecule has 3 aromatic carbocycles. The predicted octanol–water partition coefficient (Wildman–Crippen LogP) is 3.54. The first-order valence-corrected chi connectivity index (χ1v) is 11.0. The van der Waals surface area contributed by atoms with Crippen molar-refractivity contribution in [2.45, 2.75) is 24.8 Å². The largest absolute Gasteiger partial charge is 0.348 e. The Hall–Kier alpha value is -3.03. The van der Waals surface area contributed by atoms with Gasteiger partial charge in [0.2, 0.25) is 15.9 Å². The first-order chi connectivity index (χ1) is 14.2. The third-order valence-electron chi connectivity index (χ3n) is 4.99. The summed E-state index contributed by atoms with van der Waals surface area (Å²) in [7, 11) is -2.49. The molecule has 1 unspecified atom stereocenters. The van der Waals surface area contributed by atoms with Crippen LogP contribution in [-0.4, -0.2) is 38.0 Å². The second kappa shape index (κ2) is 8.77. The van der Waals surface area contributed by atoms with Crippen molar-refractivity contribution in [3.05, 3.63) is 77.9 Å². The summed E-state index contributed by atoms with van der Waals surface area (Å²) in [5, 5.41) is 5.04. The van der Waals surface area contributed by atoms with Crippen LogP contribution in [0.4, 0.5) is 0 Å². The Balaban J connectivity index is 1.67. The third kappa shape index (κ3) is 4.75. The molecule has 0 aliphatic rings. The van der Waals surface area contributed by atoms with Crippen molar-refractivity contribution in [3.8, 4) is 0 Å². The Labute approximate surface area is 176 Å². The molecule has 0 saturated carbocycles. The van der Waals surface area contributed by atoms with Crippen LogP contribution in [0.25, 0.3) is 10.8 Å². The summed E-state index contributed by atoms with van der Waals surface area (Å²) in [6.45, 7) is 2.96. The zero-order valence-corrected chi connectivity index (χ0v) is 17.9. The van der Waals surface area contributed by atoms with E-state index in [9.17, 15) is 18.0 Å². The van der Waals surface area contributed by atoms with Gasteiger partial charge >= 0.3 is 0 Å². The molecular weight excluding hydrogens is 400 g/mol. The van der Waals surface area contributed by atoms with Crippen molar-refractivity contribution in [2.75, 3.05) is 13.6 Å². The molecule has 0 heterocycles. The summed E-state index contributed by atoms with van der Waals surface area (Å²) < 4.78 is 26.4. The van der Waals surface area contributed by atoms with Crippen molar-refractivity contribution in [1.29, 1.82) is 0 Å². The number of amides is 1. The van der Waals surface area contributed by atoms with Crippen molar-refractivity contribution in [2.24, 2.45) is 0 Å². The van der Waals surface area contributed by atoms with Gasteiger partial charge in [-0.05, 0) is 48.4 Å². The Morgan fingerprint density at radius 2 is 1.60 bits per heavy atom. The lowest BCUT2D eigenvalue weighted by molar-refractivity contribution is -0.121. The number of hydrogen-bond acceptors (Lipinski definition) is 4. The summed E-state index contributed by atoms with van der Waals surface area (Å²) in [4.78, 5) is 23.9. The van der Waals surface area contributed by atoms with Gasteiger partial charge in [-0.1, -0.05) is 48.5 Å². The number of likely N-dealkylation sites (N-methyl/N-ethyl adjacent to an activating group) is 1. The van der Waals surface area contributed by atoms with Gasteiger partial charge in [-0.25, -0.2) is 8.42 Å². The van der Waals surface area contributed by atoms with Gasteiger partial charge in [0.15, 0.2) is 5.78 Å². The topological polar surface area (TPSA) is 83.6 Å². The fourth-order valence-corrected chi connectivity index (χ4v) is 4.30. The third-order valence-corrected chi connectivity index (χ3v) is 6.80. The number of fused-ring (bicyclic) bond motifs is 1. The van der Waals surface area contributed by atoms with E-state index >= 15 is 0 Å². The molecule has 0 aliphatic heterocycles. The Bertz CT molecular complexity index is 1190. The highest BCUT2D eigenvalue weighted by molar-refractivity contribution is 7.89. The fraction of sp³-hybridized carbons (Fsp3) is 0.217. The standard InChI is InChI=1S/C23H24N2O4S/c1-16(20-9-8-19-6-4-5-7-21(19)14-20)24-23(27)15-25(3)30(28,29)22-12-10-18(11-13-22)17(2)26/h4-14,16H,15H2,1-3H3,(H,24,27). The van der Waals surface area contributed by atoms with Gasteiger partial charge in [-0.3, -0.25) is 9.59 Å². The molecule has 0 bridgehead atoms. The molecule has 0 aliphatic carbocycles. The molecule has 3 aromatic rings. The van der Waals surface area contributed by atoms with E-state index < -0.39 is 15.9 Å². The number of hydrogen-bond donors (Lipinski definition) is 1. The molecule has 30 heavy (non-hydrogen) atoms. The van der Waals surface area contributed by atoms with E-state index in [1.807, 2.05) is 49.4 Å². The molecule has 1 N–H and O–H groups in total. The number of nitrogens with zero attached hydrogens (tertiary/aromatic N) is 1. The number of nitrogens with one attached hydrogen (secondary N) is 1. The number of ketones is 1. The maximum atomic E-state index is 12.7. The molecule has 1 atom stereocenters. The summed E-state index contributed by atoms with van der Waals surface area (Å²) >= 11 is 0. The van der Waals surface area contributed by atoms with Crippen LogP contribution in [0.15, 0.2) is 71.6 Å². The molecule has 1 amide bonds. The van der Waals surface area contributed by atoms with Crippen LogP contribution in [0.5, 0.6) is 0 Å². The number of rotatable bonds is 7. The molecule has 0 fully saturated rings. The van der Waals surface area contributed by atoms with E-state index in [1.54, 1.807) is 0 Å². The van der Waals surface area contributed by atoms with Crippen molar-refractivity contribution >= 4 is 32.5 Å². The number of carbonyl (C=O) groups is 2. The van der Waals surface area contributed by atoms with Crippen molar-refractivity contribution in [3.63, 3.8) is 0 Å². The second-order valence-corrected chi connectivity index (χ2v) is 9.28. The van der Waals surface area contributed by atoms with Crippen LogP contribution >= 0.6 is 0 Å². The molecule has 3 rings (SSSR count). The Kier molecular flexibility index (Phi) is 6.34. The highest BCUT2D eigenvalue weighted by Crippen LogP contribution is 2.20. The number of sulfonamides is 1. The van der Waals surface area contributed by atoms with E-state index in [4.69, 9.17) is 0 Å². The first-order valence-electron chi connectivity index (χ1n) is 9.54. The van der Waals surface area contributed by atoms with Gasteiger partial charge in [0, 0.05) is 12.6 Å². The van der Waals surface area contributed by atoms with Gasteiger partial charge < -0.3 is 5.32 Å². The quantitative estimate of drug-likeness (QED) is 0.588. The van der Waals surface area contributed by atoms with E-state index in [2.05, 4.69) is 5.32 Å². The molecule has 0 saturated heterocycles. The minimum Gasteiger partial charge on any atom is -0.348 e. The fourth-order valence-electron chi connectivity index (χ4n) is 3.18. The van der Waals surface area contributed by atoms with E-state index in [0.717, 1.165) is 20.6 Å². The van der Waals surface area contributed by atoms with Gasteiger partial charge in [0.1, 0.15) is 0 Å². The molecule has 0 aromatic heterocycles. The van der Waals surface area contributed by atoms with E-state index in [1.165, 1.54) is 38.2 Å². The molecule has 6 nitrogen and oxygen atoms in total. The summed E-state index contributed by atoms with van der Waals surface area (Å²) in [5.74, 6) is -0.545. The lowest BCUT2D eigenvalue weighted by atomic mass is 10.0. The maximum Gasteiger partial charge on any atom is 0.243 e.